The average molecular weight is 397 g/mol. The number of hydrogen-bond donors (Lipinski definition) is 2. The van der Waals surface area contributed by atoms with Gasteiger partial charge in [0.05, 0.1) is 0 Å². The summed E-state index contributed by atoms with van der Waals surface area (Å²) in [5, 5.41) is 6.71. The molecule has 0 saturated carbocycles. The molecule has 0 unspecified atom stereocenters. The summed E-state index contributed by atoms with van der Waals surface area (Å²) >= 11 is 0. The maximum Gasteiger partial charge on any atom is 0.225 e. The molecular formula is C21H32N8. The standard InChI is InChI=1S/C21H32N8/c1-2-22-20(25-13-8-19-7-3-4-9-23-19)24-12-6-14-28-15-17-29(18-16-28)21-26-10-5-11-27-21/h3-5,7,9-11H,2,6,8,12-18H2,1H3,(H2,22,24,25). The van der Waals surface area contributed by atoms with Gasteiger partial charge in [0.2, 0.25) is 5.95 Å². The molecule has 1 aliphatic heterocycles. The van der Waals surface area contributed by atoms with Crippen LogP contribution in [0.15, 0.2) is 47.8 Å². The highest BCUT2D eigenvalue weighted by Crippen LogP contribution is 2.09. The molecule has 1 fully saturated rings. The number of anilines is 1. The molecule has 3 heterocycles. The van der Waals surface area contributed by atoms with Crippen molar-refractivity contribution in [2.75, 3.05) is 57.3 Å². The van der Waals surface area contributed by atoms with Crippen LogP contribution in [0.4, 0.5) is 5.95 Å². The van der Waals surface area contributed by atoms with E-state index in [1.54, 1.807) is 12.4 Å². The summed E-state index contributed by atoms with van der Waals surface area (Å²) in [5.74, 6) is 1.72. The van der Waals surface area contributed by atoms with E-state index in [1.165, 1.54) is 0 Å². The Bertz CT molecular complexity index is 714. The monoisotopic (exact) mass is 396 g/mol. The van der Waals surface area contributed by atoms with Crippen LogP contribution in [0.5, 0.6) is 0 Å². The smallest absolute Gasteiger partial charge is 0.225 e. The Labute approximate surface area is 173 Å². The second-order valence-corrected chi connectivity index (χ2v) is 6.99. The third-order valence-corrected chi connectivity index (χ3v) is 4.85. The minimum Gasteiger partial charge on any atom is -0.357 e. The molecule has 2 aromatic rings. The van der Waals surface area contributed by atoms with Crippen molar-refractivity contribution in [2.24, 2.45) is 4.99 Å². The van der Waals surface area contributed by atoms with Crippen molar-refractivity contribution in [1.82, 2.24) is 30.5 Å². The van der Waals surface area contributed by atoms with E-state index < -0.39 is 0 Å². The second-order valence-electron chi connectivity index (χ2n) is 6.99. The van der Waals surface area contributed by atoms with Crippen molar-refractivity contribution in [1.29, 1.82) is 0 Å². The molecule has 0 amide bonds. The number of aromatic nitrogens is 3. The molecule has 1 aliphatic rings. The summed E-state index contributed by atoms with van der Waals surface area (Å²) in [7, 11) is 0. The largest absolute Gasteiger partial charge is 0.357 e. The number of hydrogen-bond acceptors (Lipinski definition) is 6. The Balaban J connectivity index is 1.33. The quantitative estimate of drug-likeness (QED) is 0.374. The van der Waals surface area contributed by atoms with E-state index in [0.717, 1.165) is 82.8 Å². The van der Waals surface area contributed by atoms with E-state index in [2.05, 4.69) is 48.4 Å². The van der Waals surface area contributed by atoms with Gasteiger partial charge in [-0.25, -0.2) is 9.97 Å². The van der Waals surface area contributed by atoms with Gasteiger partial charge >= 0.3 is 0 Å². The van der Waals surface area contributed by atoms with Crippen molar-refractivity contribution in [3.63, 3.8) is 0 Å². The Hall–Kier alpha value is -2.74. The van der Waals surface area contributed by atoms with Gasteiger partial charge in [0, 0.05) is 83.1 Å². The van der Waals surface area contributed by atoms with E-state index in [0.29, 0.717) is 0 Å². The maximum atomic E-state index is 4.71. The van der Waals surface area contributed by atoms with Crippen LogP contribution in [0.2, 0.25) is 0 Å². The summed E-state index contributed by atoms with van der Waals surface area (Å²) in [5.41, 5.74) is 1.09. The lowest BCUT2D eigenvalue weighted by atomic mass is 10.3. The van der Waals surface area contributed by atoms with Gasteiger partial charge in [-0.2, -0.15) is 0 Å². The normalized spacial score (nSPS) is 15.3. The Morgan fingerprint density at radius 2 is 1.79 bits per heavy atom. The molecule has 0 atom stereocenters. The van der Waals surface area contributed by atoms with Crippen LogP contribution in [0, 0.1) is 0 Å². The summed E-state index contributed by atoms with van der Waals surface area (Å²) < 4.78 is 0. The van der Waals surface area contributed by atoms with Crippen molar-refractivity contribution >= 4 is 11.9 Å². The van der Waals surface area contributed by atoms with E-state index in [-0.39, 0.29) is 0 Å². The van der Waals surface area contributed by atoms with Crippen molar-refractivity contribution in [3.05, 3.63) is 48.5 Å². The second kappa shape index (κ2) is 12.0. The van der Waals surface area contributed by atoms with Gasteiger partial charge in [0.15, 0.2) is 5.96 Å². The van der Waals surface area contributed by atoms with Crippen LogP contribution < -0.4 is 15.5 Å². The summed E-state index contributed by atoms with van der Waals surface area (Å²) in [6.45, 7) is 9.71. The molecule has 0 bridgehead atoms. The van der Waals surface area contributed by atoms with E-state index in [9.17, 15) is 0 Å². The number of nitrogens with zero attached hydrogens (tertiary/aromatic N) is 6. The maximum absolute atomic E-state index is 4.71. The Morgan fingerprint density at radius 3 is 2.52 bits per heavy atom. The number of piperazine rings is 1. The van der Waals surface area contributed by atoms with Crippen molar-refractivity contribution in [2.45, 2.75) is 19.8 Å². The SMILES string of the molecule is CCNC(=NCCCN1CCN(c2ncccn2)CC1)NCCc1ccccn1. The van der Waals surface area contributed by atoms with Gasteiger partial charge in [0.25, 0.3) is 0 Å². The molecule has 0 aromatic carbocycles. The summed E-state index contributed by atoms with van der Waals surface area (Å²) in [6, 6.07) is 7.87. The van der Waals surface area contributed by atoms with E-state index in [1.807, 2.05) is 24.4 Å². The van der Waals surface area contributed by atoms with Crippen molar-refractivity contribution < 1.29 is 0 Å². The molecule has 0 aliphatic carbocycles. The highest BCUT2D eigenvalue weighted by atomic mass is 15.3. The van der Waals surface area contributed by atoms with Crippen LogP contribution in [-0.2, 0) is 6.42 Å². The van der Waals surface area contributed by atoms with Crippen LogP contribution >= 0.6 is 0 Å². The molecule has 3 rings (SSSR count). The number of pyridine rings is 1. The fourth-order valence-electron chi connectivity index (χ4n) is 3.31. The zero-order valence-electron chi connectivity index (χ0n) is 17.3. The Morgan fingerprint density at radius 1 is 1.00 bits per heavy atom. The zero-order valence-corrected chi connectivity index (χ0v) is 17.3. The van der Waals surface area contributed by atoms with Gasteiger partial charge < -0.3 is 15.5 Å². The lowest BCUT2D eigenvalue weighted by molar-refractivity contribution is 0.255. The molecule has 29 heavy (non-hydrogen) atoms. The molecule has 2 N–H and O–H groups in total. The topological polar surface area (TPSA) is 81.6 Å². The van der Waals surface area contributed by atoms with Gasteiger partial charge in [-0.3, -0.25) is 14.9 Å². The first-order chi connectivity index (χ1) is 14.3. The lowest BCUT2D eigenvalue weighted by Crippen LogP contribution is -2.47. The molecule has 0 radical (unpaired) electrons. The summed E-state index contributed by atoms with van der Waals surface area (Å²) in [6.07, 6.45) is 7.39. The van der Waals surface area contributed by atoms with Crippen LogP contribution in [0.1, 0.15) is 19.0 Å². The first-order valence-electron chi connectivity index (χ1n) is 10.5. The fraction of sp³-hybridized carbons (Fsp3) is 0.524. The van der Waals surface area contributed by atoms with Gasteiger partial charge in [-0.15, -0.1) is 0 Å². The zero-order chi connectivity index (χ0) is 20.2. The molecule has 156 valence electrons. The number of rotatable bonds is 9. The molecule has 8 heteroatoms. The average Bonchev–Trinajstić information content (AvgIpc) is 2.78. The molecule has 0 spiro atoms. The Kier molecular flexibility index (Phi) is 8.65. The summed E-state index contributed by atoms with van der Waals surface area (Å²) in [4.78, 5) is 22.5. The first kappa shape index (κ1) is 21.0. The third-order valence-electron chi connectivity index (χ3n) is 4.85. The number of nitrogens with one attached hydrogen (secondary N) is 2. The third kappa shape index (κ3) is 7.30. The molecule has 2 aromatic heterocycles. The molecule has 1 saturated heterocycles. The predicted molar refractivity (Wildman–Crippen MR) is 117 cm³/mol. The van der Waals surface area contributed by atoms with Crippen molar-refractivity contribution in [3.8, 4) is 0 Å². The van der Waals surface area contributed by atoms with Crippen LogP contribution in [0.3, 0.4) is 0 Å². The minimum absolute atomic E-state index is 0.820. The van der Waals surface area contributed by atoms with Gasteiger partial charge in [-0.05, 0) is 31.5 Å². The number of aliphatic imine (C=N–C) groups is 1. The predicted octanol–water partition coefficient (Wildman–Crippen LogP) is 1.18. The van der Waals surface area contributed by atoms with Gasteiger partial charge in [0.1, 0.15) is 0 Å². The first-order valence-corrected chi connectivity index (χ1v) is 10.5. The highest BCUT2D eigenvalue weighted by Gasteiger charge is 2.18. The molecular weight excluding hydrogens is 364 g/mol. The minimum atomic E-state index is 0.820. The molecule has 8 nitrogen and oxygen atoms in total. The van der Waals surface area contributed by atoms with Crippen LogP contribution in [0.25, 0.3) is 0 Å². The van der Waals surface area contributed by atoms with Gasteiger partial charge in [-0.1, -0.05) is 6.07 Å². The lowest BCUT2D eigenvalue weighted by Gasteiger charge is -2.34. The fourth-order valence-corrected chi connectivity index (χ4v) is 3.31. The van der Waals surface area contributed by atoms with E-state index >= 15 is 0 Å². The van der Waals surface area contributed by atoms with E-state index in [4.69, 9.17) is 4.99 Å². The number of guanidine groups is 1. The highest BCUT2D eigenvalue weighted by molar-refractivity contribution is 5.79. The van der Waals surface area contributed by atoms with Crippen LogP contribution in [-0.4, -0.2) is 78.2 Å².